The molecule has 6 heteroatoms. The number of carbonyl (C=O) groups is 2. The highest BCUT2D eigenvalue weighted by atomic mass is 32.2. The van der Waals surface area contributed by atoms with E-state index in [1.165, 1.54) is 0 Å². The summed E-state index contributed by atoms with van der Waals surface area (Å²) in [6.45, 7) is 2.69. The Morgan fingerprint density at radius 2 is 2.40 bits per heavy atom. The van der Waals surface area contributed by atoms with Gasteiger partial charge in [-0.25, -0.2) is 0 Å². The Morgan fingerprint density at radius 3 is 3.10 bits per heavy atom. The molecular weight excluding hydrogens is 292 g/mol. The van der Waals surface area contributed by atoms with Gasteiger partial charge in [-0.05, 0) is 35.7 Å². The minimum Gasteiger partial charge on any atom is -0.340 e. The summed E-state index contributed by atoms with van der Waals surface area (Å²) in [5.41, 5.74) is 1.15. The predicted molar refractivity (Wildman–Crippen MR) is 81.5 cm³/mol. The van der Waals surface area contributed by atoms with Crippen molar-refractivity contribution < 1.29 is 9.59 Å². The zero-order valence-corrected chi connectivity index (χ0v) is 13.3. The third-order valence-electron chi connectivity index (χ3n) is 4.11. The SMILES string of the molecule is CN(Cc1ccsc1)C(=O)[C@H]1CS[C@@]2(C)CCC(=O)N12. The van der Waals surface area contributed by atoms with E-state index in [9.17, 15) is 9.59 Å². The third kappa shape index (κ3) is 2.24. The average Bonchev–Trinajstić information content (AvgIpc) is 3.08. The highest BCUT2D eigenvalue weighted by molar-refractivity contribution is 8.01. The summed E-state index contributed by atoms with van der Waals surface area (Å²) in [7, 11) is 1.82. The quantitative estimate of drug-likeness (QED) is 0.859. The smallest absolute Gasteiger partial charge is 0.246 e. The van der Waals surface area contributed by atoms with Gasteiger partial charge in [-0.15, -0.1) is 11.8 Å². The molecule has 0 bridgehead atoms. The number of nitrogens with zero attached hydrogens (tertiary/aromatic N) is 2. The molecule has 0 N–H and O–H groups in total. The van der Waals surface area contributed by atoms with E-state index < -0.39 is 0 Å². The minimum atomic E-state index is -0.288. The molecule has 3 heterocycles. The fraction of sp³-hybridized carbons (Fsp3) is 0.571. The molecule has 0 aliphatic carbocycles. The van der Waals surface area contributed by atoms with Crippen molar-refractivity contribution in [2.24, 2.45) is 0 Å². The summed E-state index contributed by atoms with van der Waals surface area (Å²) < 4.78 is 0. The van der Waals surface area contributed by atoms with Gasteiger partial charge in [0, 0.05) is 25.8 Å². The molecule has 0 spiro atoms. The Morgan fingerprint density at radius 1 is 1.60 bits per heavy atom. The van der Waals surface area contributed by atoms with Gasteiger partial charge in [0.2, 0.25) is 11.8 Å². The Hall–Kier alpha value is -1.01. The first kappa shape index (κ1) is 13.9. The van der Waals surface area contributed by atoms with E-state index in [0.717, 1.165) is 17.7 Å². The Balaban J connectivity index is 1.72. The van der Waals surface area contributed by atoms with Crippen molar-refractivity contribution in [1.29, 1.82) is 0 Å². The van der Waals surface area contributed by atoms with Crippen molar-refractivity contribution in [1.82, 2.24) is 9.80 Å². The van der Waals surface area contributed by atoms with E-state index in [4.69, 9.17) is 0 Å². The van der Waals surface area contributed by atoms with Gasteiger partial charge in [0.05, 0.1) is 4.87 Å². The van der Waals surface area contributed by atoms with Crippen molar-refractivity contribution in [2.45, 2.75) is 37.2 Å². The number of thioether (sulfide) groups is 1. The lowest BCUT2D eigenvalue weighted by molar-refractivity contribution is -0.143. The van der Waals surface area contributed by atoms with E-state index in [1.54, 1.807) is 28.0 Å². The molecular formula is C14H18N2O2S2. The number of carbonyl (C=O) groups excluding carboxylic acids is 2. The lowest BCUT2D eigenvalue weighted by atomic mass is 10.2. The van der Waals surface area contributed by atoms with Gasteiger partial charge in [0.25, 0.3) is 0 Å². The highest BCUT2D eigenvalue weighted by Crippen LogP contribution is 2.47. The molecule has 1 aromatic heterocycles. The van der Waals surface area contributed by atoms with Crippen LogP contribution in [0.2, 0.25) is 0 Å². The molecule has 108 valence electrons. The molecule has 0 aromatic carbocycles. The van der Waals surface area contributed by atoms with Crippen LogP contribution >= 0.6 is 23.1 Å². The number of rotatable bonds is 3. The summed E-state index contributed by atoms with van der Waals surface area (Å²) >= 11 is 3.37. The van der Waals surface area contributed by atoms with Gasteiger partial charge in [-0.2, -0.15) is 11.3 Å². The maximum absolute atomic E-state index is 12.6. The predicted octanol–water partition coefficient (Wildman–Crippen LogP) is 2.16. The zero-order chi connectivity index (χ0) is 14.3. The van der Waals surface area contributed by atoms with Gasteiger partial charge >= 0.3 is 0 Å². The van der Waals surface area contributed by atoms with Crippen LogP contribution in [0.1, 0.15) is 25.3 Å². The molecule has 1 aromatic rings. The Labute approximate surface area is 127 Å². The number of hydrogen-bond donors (Lipinski definition) is 0. The molecule has 2 fully saturated rings. The van der Waals surface area contributed by atoms with E-state index >= 15 is 0 Å². The van der Waals surface area contributed by atoms with Gasteiger partial charge in [-0.1, -0.05) is 0 Å². The van der Waals surface area contributed by atoms with Crippen LogP contribution in [0.4, 0.5) is 0 Å². The van der Waals surface area contributed by atoms with Crippen LogP contribution in [0.3, 0.4) is 0 Å². The standard InChI is InChI=1S/C14H18N2O2S2/c1-14-5-3-12(17)16(14)11(9-20-14)13(18)15(2)7-10-4-6-19-8-10/h4,6,8,11H,3,5,7,9H2,1-2H3/t11-,14+/m1/s1. The van der Waals surface area contributed by atoms with Crippen LogP contribution in [-0.4, -0.2) is 45.3 Å². The van der Waals surface area contributed by atoms with Crippen molar-refractivity contribution in [3.63, 3.8) is 0 Å². The molecule has 2 atom stereocenters. The van der Waals surface area contributed by atoms with Crippen LogP contribution in [0.15, 0.2) is 16.8 Å². The molecule has 0 saturated carbocycles. The van der Waals surface area contributed by atoms with Gasteiger partial charge < -0.3 is 9.80 Å². The average molecular weight is 310 g/mol. The van der Waals surface area contributed by atoms with Gasteiger partial charge in [0.15, 0.2) is 0 Å². The summed E-state index contributed by atoms with van der Waals surface area (Å²) in [5, 5.41) is 4.07. The first-order valence-electron chi connectivity index (χ1n) is 6.73. The van der Waals surface area contributed by atoms with Crippen LogP contribution in [-0.2, 0) is 16.1 Å². The summed E-state index contributed by atoms with van der Waals surface area (Å²) in [6, 6.07) is 1.74. The molecule has 3 rings (SSSR count). The van der Waals surface area contributed by atoms with Crippen LogP contribution in [0, 0.1) is 0 Å². The van der Waals surface area contributed by atoms with Crippen molar-refractivity contribution in [3.8, 4) is 0 Å². The monoisotopic (exact) mass is 310 g/mol. The number of hydrogen-bond acceptors (Lipinski definition) is 4. The molecule has 20 heavy (non-hydrogen) atoms. The lowest BCUT2D eigenvalue weighted by Gasteiger charge is -2.31. The number of fused-ring (bicyclic) bond motifs is 1. The zero-order valence-electron chi connectivity index (χ0n) is 11.7. The Kier molecular flexibility index (Phi) is 3.54. The molecule has 2 amide bonds. The maximum Gasteiger partial charge on any atom is 0.246 e. The van der Waals surface area contributed by atoms with Crippen molar-refractivity contribution >= 4 is 34.9 Å². The van der Waals surface area contributed by atoms with E-state index in [0.29, 0.717) is 13.0 Å². The molecule has 2 aliphatic rings. The Bertz CT molecular complexity index is 531. The van der Waals surface area contributed by atoms with E-state index in [1.807, 2.05) is 23.4 Å². The first-order valence-corrected chi connectivity index (χ1v) is 8.66. The largest absolute Gasteiger partial charge is 0.340 e. The number of amides is 2. The highest BCUT2D eigenvalue weighted by Gasteiger charge is 2.53. The maximum atomic E-state index is 12.6. The summed E-state index contributed by atoms with van der Waals surface area (Å²) in [6.07, 6.45) is 1.43. The van der Waals surface area contributed by atoms with Gasteiger partial charge in [0.1, 0.15) is 6.04 Å². The van der Waals surface area contributed by atoms with Crippen LogP contribution < -0.4 is 0 Å². The second-order valence-corrected chi connectivity index (χ2v) is 7.87. The van der Waals surface area contributed by atoms with E-state index in [2.05, 4.69) is 12.3 Å². The number of likely N-dealkylation sites (N-methyl/N-ethyl adjacent to an activating group) is 1. The van der Waals surface area contributed by atoms with Crippen molar-refractivity contribution in [3.05, 3.63) is 22.4 Å². The van der Waals surface area contributed by atoms with Gasteiger partial charge in [-0.3, -0.25) is 9.59 Å². The molecule has 2 aliphatic heterocycles. The summed E-state index contributed by atoms with van der Waals surface area (Å²) in [4.78, 5) is 28.1. The molecule has 2 saturated heterocycles. The normalized spacial score (nSPS) is 28.8. The lowest BCUT2D eigenvalue weighted by Crippen LogP contribution is -2.50. The second kappa shape index (κ2) is 5.07. The minimum absolute atomic E-state index is 0.0580. The van der Waals surface area contributed by atoms with Crippen LogP contribution in [0.25, 0.3) is 0 Å². The number of thiophene rings is 1. The fourth-order valence-corrected chi connectivity index (χ4v) is 5.08. The molecule has 4 nitrogen and oxygen atoms in total. The topological polar surface area (TPSA) is 40.6 Å². The second-order valence-electron chi connectivity index (χ2n) is 5.59. The third-order valence-corrected chi connectivity index (χ3v) is 6.34. The van der Waals surface area contributed by atoms with Crippen LogP contribution in [0.5, 0.6) is 0 Å². The molecule has 0 unspecified atom stereocenters. The summed E-state index contributed by atoms with van der Waals surface area (Å²) in [5.74, 6) is 0.900. The first-order chi connectivity index (χ1) is 9.51. The fourth-order valence-electron chi connectivity index (χ4n) is 2.99. The molecule has 0 radical (unpaired) electrons. The van der Waals surface area contributed by atoms with E-state index in [-0.39, 0.29) is 22.7 Å². The van der Waals surface area contributed by atoms with Crippen molar-refractivity contribution in [2.75, 3.05) is 12.8 Å².